The van der Waals surface area contributed by atoms with E-state index in [1.807, 2.05) is 12.1 Å². The van der Waals surface area contributed by atoms with Gasteiger partial charge in [0.1, 0.15) is 0 Å². The molecule has 1 aromatic carbocycles. The predicted molar refractivity (Wildman–Crippen MR) is 90.6 cm³/mol. The molecular formula is C18H25ClO4. The number of hydrogen-bond donors (Lipinski definition) is 0. The van der Waals surface area contributed by atoms with Gasteiger partial charge in [-0.2, -0.15) is 0 Å². The first kappa shape index (κ1) is 19.5. The van der Waals surface area contributed by atoms with Crippen LogP contribution in [-0.4, -0.2) is 25.2 Å². The first-order valence-corrected chi connectivity index (χ1v) is 8.52. The molecule has 0 spiro atoms. The Morgan fingerprint density at radius 3 is 1.70 bits per heavy atom. The van der Waals surface area contributed by atoms with Crippen molar-refractivity contribution < 1.29 is 19.1 Å². The Balaban J connectivity index is 2.45. The minimum atomic E-state index is -0.163. The maximum absolute atomic E-state index is 11.3. The highest BCUT2D eigenvalue weighted by Gasteiger charge is 2.06. The van der Waals surface area contributed by atoms with E-state index < -0.39 is 0 Å². The molecule has 0 aliphatic rings. The van der Waals surface area contributed by atoms with E-state index in [9.17, 15) is 9.59 Å². The molecule has 5 heteroatoms. The highest BCUT2D eigenvalue weighted by atomic mass is 35.5. The fourth-order valence-corrected chi connectivity index (χ4v) is 2.63. The van der Waals surface area contributed by atoms with Crippen molar-refractivity contribution >= 4 is 23.5 Å². The van der Waals surface area contributed by atoms with E-state index >= 15 is 0 Å². The largest absolute Gasteiger partial charge is 0.466 e. The highest BCUT2D eigenvalue weighted by Crippen LogP contribution is 2.19. The van der Waals surface area contributed by atoms with Crippen molar-refractivity contribution in [3.8, 4) is 0 Å². The van der Waals surface area contributed by atoms with Crippen molar-refractivity contribution in [3.05, 3.63) is 34.3 Å². The fraction of sp³-hybridized carbons (Fsp3) is 0.556. The topological polar surface area (TPSA) is 52.6 Å². The molecule has 0 aliphatic heterocycles. The highest BCUT2D eigenvalue weighted by molar-refractivity contribution is 6.30. The molecule has 0 unspecified atom stereocenters. The molecular weight excluding hydrogens is 316 g/mol. The van der Waals surface area contributed by atoms with Crippen molar-refractivity contribution in [1.29, 1.82) is 0 Å². The minimum Gasteiger partial charge on any atom is -0.466 e. The zero-order valence-corrected chi connectivity index (χ0v) is 14.7. The SMILES string of the molecule is CCOC(=O)CCCc1cc(Cl)cc(CCCC(=O)OCC)c1. The Bertz CT molecular complexity index is 471. The first-order chi connectivity index (χ1) is 11.0. The molecule has 0 bridgehead atoms. The number of halogens is 1. The summed E-state index contributed by atoms with van der Waals surface area (Å²) < 4.78 is 9.83. The van der Waals surface area contributed by atoms with Crippen LogP contribution in [0.3, 0.4) is 0 Å². The van der Waals surface area contributed by atoms with Gasteiger partial charge in [-0.3, -0.25) is 9.59 Å². The Kier molecular flexibility index (Phi) is 9.37. The van der Waals surface area contributed by atoms with Crippen molar-refractivity contribution in [2.45, 2.75) is 52.4 Å². The Labute approximate surface area is 143 Å². The Hall–Kier alpha value is -1.55. The van der Waals surface area contributed by atoms with Crippen molar-refractivity contribution in [2.24, 2.45) is 0 Å². The van der Waals surface area contributed by atoms with Gasteiger partial charge >= 0.3 is 11.9 Å². The molecule has 0 amide bonds. The smallest absolute Gasteiger partial charge is 0.305 e. The number of esters is 2. The fourth-order valence-electron chi connectivity index (χ4n) is 2.35. The number of benzene rings is 1. The molecule has 1 rings (SSSR count). The molecule has 128 valence electrons. The molecule has 4 nitrogen and oxygen atoms in total. The second-order valence-corrected chi connectivity index (χ2v) is 5.72. The number of carbonyl (C=O) groups is 2. The van der Waals surface area contributed by atoms with Crippen LogP contribution in [-0.2, 0) is 31.9 Å². The molecule has 0 N–H and O–H groups in total. The van der Waals surface area contributed by atoms with Crippen LogP contribution in [0.4, 0.5) is 0 Å². The lowest BCUT2D eigenvalue weighted by molar-refractivity contribution is -0.144. The van der Waals surface area contributed by atoms with E-state index in [1.54, 1.807) is 13.8 Å². The van der Waals surface area contributed by atoms with Gasteiger partial charge in [0.2, 0.25) is 0 Å². The van der Waals surface area contributed by atoms with Gasteiger partial charge in [0, 0.05) is 17.9 Å². The van der Waals surface area contributed by atoms with Gasteiger partial charge in [0.15, 0.2) is 0 Å². The molecule has 0 aromatic heterocycles. The number of ether oxygens (including phenoxy) is 2. The average Bonchev–Trinajstić information content (AvgIpc) is 2.47. The summed E-state index contributed by atoms with van der Waals surface area (Å²) in [6.45, 7) is 4.44. The minimum absolute atomic E-state index is 0.163. The maximum Gasteiger partial charge on any atom is 0.305 e. The van der Waals surface area contributed by atoms with E-state index in [1.165, 1.54) is 0 Å². The molecule has 0 atom stereocenters. The number of carbonyl (C=O) groups excluding carboxylic acids is 2. The standard InChI is InChI=1S/C18H25ClO4/c1-3-22-17(20)9-5-7-14-11-15(13-16(19)12-14)8-6-10-18(21)23-4-2/h11-13H,3-10H2,1-2H3. The van der Waals surface area contributed by atoms with Gasteiger partial charge in [-0.1, -0.05) is 17.7 Å². The normalized spacial score (nSPS) is 10.4. The summed E-state index contributed by atoms with van der Waals surface area (Å²) in [5, 5.41) is 0.685. The van der Waals surface area contributed by atoms with Crippen molar-refractivity contribution in [1.82, 2.24) is 0 Å². The summed E-state index contributed by atoms with van der Waals surface area (Å²) in [6.07, 6.45) is 3.87. The molecule has 0 heterocycles. The van der Waals surface area contributed by atoms with Crippen LogP contribution in [0.15, 0.2) is 18.2 Å². The monoisotopic (exact) mass is 340 g/mol. The Morgan fingerprint density at radius 2 is 1.30 bits per heavy atom. The number of aryl methyl sites for hydroxylation is 2. The van der Waals surface area contributed by atoms with Gasteiger partial charge in [-0.05, 0) is 62.8 Å². The molecule has 0 radical (unpaired) electrons. The van der Waals surface area contributed by atoms with Crippen LogP contribution in [0.5, 0.6) is 0 Å². The van der Waals surface area contributed by atoms with E-state index in [0.29, 0.717) is 31.1 Å². The van der Waals surface area contributed by atoms with E-state index in [-0.39, 0.29) is 11.9 Å². The van der Waals surface area contributed by atoms with E-state index in [2.05, 4.69) is 6.07 Å². The van der Waals surface area contributed by atoms with Gasteiger partial charge in [-0.15, -0.1) is 0 Å². The summed E-state index contributed by atoms with van der Waals surface area (Å²) in [7, 11) is 0. The molecule has 0 fully saturated rings. The van der Waals surface area contributed by atoms with Gasteiger partial charge < -0.3 is 9.47 Å². The van der Waals surface area contributed by atoms with Crippen molar-refractivity contribution in [3.63, 3.8) is 0 Å². The average molecular weight is 341 g/mol. The predicted octanol–water partition coefficient (Wildman–Crippen LogP) is 4.11. The van der Waals surface area contributed by atoms with Crippen LogP contribution in [0.1, 0.15) is 50.7 Å². The summed E-state index contributed by atoms with van der Waals surface area (Å²) in [6, 6.07) is 5.92. The van der Waals surface area contributed by atoms with Crippen LogP contribution in [0.25, 0.3) is 0 Å². The molecule has 0 aliphatic carbocycles. The second kappa shape index (κ2) is 11.1. The van der Waals surface area contributed by atoms with Crippen LogP contribution in [0.2, 0.25) is 5.02 Å². The van der Waals surface area contributed by atoms with Crippen LogP contribution < -0.4 is 0 Å². The molecule has 23 heavy (non-hydrogen) atoms. The number of rotatable bonds is 10. The molecule has 1 aromatic rings. The number of hydrogen-bond acceptors (Lipinski definition) is 4. The summed E-state index contributed by atoms with van der Waals surface area (Å²) in [4.78, 5) is 22.7. The van der Waals surface area contributed by atoms with E-state index in [4.69, 9.17) is 21.1 Å². The quantitative estimate of drug-likeness (QED) is 0.601. The van der Waals surface area contributed by atoms with Gasteiger partial charge in [-0.25, -0.2) is 0 Å². The lowest BCUT2D eigenvalue weighted by atomic mass is 10.0. The Morgan fingerprint density at radius 1 is 0.870 bits per heavy atom. The van der Waals surface area contributed by atoms with Crippen LogP contribution in [0, 0.1) is 0 Å². The molecule has 0 saturated heterocycles. The van der Waals surface area contributed by atoms with Crippen molar-refractivity contribution in [2.75, 3.05) is 13.2 Å². The van der Waals surface area contributed by atoms with E-state index in [0.717, 1.165) is 36.8 Å². The van der Waals surface area contributed by atoms with Gasteiger partial charge in [0.05, 0.1) is 13.2 Å². The zero-order chi connectivity index (χ0) is 17.1. The third kappa shape index (κ3) is 8.60. The summed E-state index contributed by atoms with van der Waals surface area (Å²) >= 11 is 6.15. The van der Waals surface area contributed by atoms with Crippen LogP contribution >= 0.6 is 11.6 Å². The lowest BCUT2D eigenvalue weighted by Gasteiger charge is -2.07. The summed E-state index contributed by atoms with van der Waals surface area (Å²) in [5.41, 5.74) is 2.21. The molecule has 0 saturated carbocycles. The van der Waals surface area contributed by atoms with Gasteiger partial charge in [0.25, 0.3) is 0 Å². The lowest BCUT2D eigenvalue weighted by Crippen LogP contribution is -2.04. The third-order valence-electron chi connectivity index (χ3n) is 3.32. The third-order valence-corrected chi connectivity index (χ3v) is 3.54. The zero-order valence-electron chi connectivity index (χ0n) is 13.9. The second-order valence-electron chi connectivity index (χ2n) is 5.28. The maximum atomic E-state index is 11.3. The summed E-state index contributed by atoms with van der Waals surface area (Å²) in [5.74, 6) is -0.326. The first-order valence-electron chi connectivity index (χ1n) is 8.14.